The molecule has 3 aromatic rings. The summed E-state index contributed by atoms with van der Waals surface area (Å²) >= 11 is 6.20. The minimum absolute atomic E-state index is 0.0197. The summed E-state index contributed by atoms with van der Waals surface area (Å²) in [5.41, 5.74) is -0.881. The molecule has 1 aliphatic heterocycles. The number of carbonyl (C=O) groups excluding carboxylic acids is 1. The van der Waals surface area contributed by atoms with Crippen LogP contribution in [0.25, 0.3) is 0 Å². The summed E-state index contributed by atoms with van der Waals surface area (Å²) in [6.45, 7) is 3.12. The molecule has 2 aromatic carbocycles. The number of aromatic nitrogens is 1. The van der Waals surface area contributed by atoms with Gasteiger partial charge in [0.05, 0.1) is 40.6 Å². The van der Waals surface area contributed by atoms with E-state index in [1.807, 2.05) is 6.07 Å². The molecule has 1 N–H and O–H groups in total. The Bertz CT molecular complexity index is 1370. The third-order valence-corrected chi connectivity index (χ3v) is 7.39. The van der Waals surface area contributed by atoms with Crippen molar-refractivity contribution in [2.75, 3.05) is 0 Å². The van der Waals surface area contributed by atoms with Gasteiger partial charge in [-0.15, -0.1) is 0 Å². The van der Waals surface area contributed by atoms with Gasteiger partial charge in [-0.05, 0) is 68.7 Å². The maximum absolute atomic E-state index is 16.2. The van der Waals surface area contributed by atoms with Crippen molar-refractivity contribution in [3.63, 3.8) is 0 Å². The molecule has 0 unspecified atom stereocenters. The number of amides is 1. The molecule has 5 rings (SSSR count). The number of pyridine rings is 1. The molecule has 6 nitrogen and oxygen atoms in total. The van der Waals surface area contributed by atoms with Gasteiger partial charge in [0.1, 0.15) is 11.9 Å². The number of nitrogens with zero attached hydrogens (tertiary/aromatic N) is 3. The summed E-state index contributed by atoms with van der Waals surface area (Å²) in [6, 6.07) is 15.1. The molecule has 1 saturated carbocycles. The number of hydrogen-bond acceptors (Lipinski definition) is 5. The Morgan fingerprint density at radius 3 is 2.51 bits per heavy atom. The molecular formula is C29H27ClFN3O3. The number of hydrogen-bond donors (Lipinski definition) is 1. The van der Waals surface area contributed by atoms with Crippen LogP contribution in [-0.2, 0) is 22.6 Å². The minimum atomic E-state index is -1.57. The molecule has 1 fully saturated rings. The highest BCUT2D eigenvalue weighted by atomic mass is 35.5. The van der Waals surface area contributed by atoms with E-state index in [0.717, 1.165) is 25.7 Å². The van der Waals surface area contributed by atoms with Gasteiger partial charge in [-0.3, -0.25) is 14.7 Å². The Balaban J connectivity index is 1.75. The van der Waals surface area contributed by atoms with Gasteiger partial charge in [-0.1, -0.05) is 36.6 Å². The van der Waals surface area contributed by atoms with Crippen LogP contribution in [0.4, 0.5) is 4.39 Å². The Morgan fingerprint density at radius 1 is 1.22 bits per heavy atom. The average Bonchev–Trinajstić information content (AvgIpc) is 3.46. The zero-order valence-corrected chi connectivity index (χ0v) is 21.4. The van der Waals surface area contributed by atoms with E-state index < -0.39 is 23.1 Å². The smallest absolute Gasteiger partial charge is 0.257 e. The van der Waals surface area contributed by atoms with Gasteiger partial charge in [0.2, 0.25) is 5.72 Å². The fraction of sp³-hybridized carbons (Fsp3) is 0.345. The molecule has 2 heterocycles. The zero-order valence-electron chi connectivity index (χ0n) is 20.7. The predicted molar refractivity (Wildman–Crippen MR) is 136 cm³/mol. The number of nitriles is 1. The van der Waals surface area contributed by atoms with Crippen molar-refractivity contribution in [3.8, 4) is 6.07 Å². The maximum atomic E-state index is 16.2. The molecule has 1 aromatic heterocycles. The lowest BCUT2D eigenvalue weighted by Gasteiger charge is -2.41. The lowest BCUT2D eigenvalue weighted by atomic mass is 9.88. The highest BCUT2D eigenvalue weighted by Crippen LogP contribution is 2.50. The number of fused-ring (bicyclic) bond motifs is 1. The van der Waals surface area contributed by atoms with Crippen LogP contribution in [-0.4, -0.2) is 27.0 Å². The number of rotatable bonds is 6. The number of aliphatic hydroxyl groups is 1. The second kappa shape index (κ2) is 9.53. The van der Waals surface area contributed by atoms with Crippen molar-refractivity contribution in [2.45, 2.75) is 63.5 Å². The summed E-state index contributed by atoms with van der Waals surface area (Å²) in [5.74, 6) is -1.06. The van der Waals surface area contributed by atoms with Gasteiger partial charge in [0.25, 0.3) is 5.91 Å². The van der Waals surface area contributed by atoms with E-state index >= 15 is 4.39 Å². The summed E-state index contributed by atoms with van der Waals surface area (Å²) in [6.07, 6.45) is 4.83. The van der Waals surface area contributed by atoms with Crippen LogP contribution in [0.1, 0.15) is 77.8 Å². The zero-order chi connectivity index (χ0) is 26.4. The van der Waals surface area contributed by atoms with Crippen LogP contribution in [0.2, 0.25) is 5.02 Å². The molecule has 1 amide bonds. The van der Waals surface area contributed by atoms with Gasteiger partial charge < -0.3 is 9.84 Å². The summed E-state index contributed by atoms with van der Waals surface area (Å²) in [5, 5.41) is 20.3. The molecular weight excluding hydrogens is 493 g/mol. The van der Waals surface area contributed by atoms with E-state index in [4.69, 9.17) is 21.6 Å². The highest BCUT2D eigenvalue weighted by molar-refractivity contribution is 6.30. The van der Waals surface area contributed by atoms with Crippen molar-refractivity contribution in [1.29, 1.82) is 5.26 Å². The molecule has 1 atom stereocenters. The minimum Gasteiger partial charge on any atom is -0.386 e. The average molecular weight is 520 g/mol. The van der Waals surface area contributed by atoms with E-state index in [-0.39, 0.29) is 23.8 Å². The molecule has 8 heteroatoms. The molecule has 0 spiro atoms. The van der Waals surface area contributed by atoms with Crippen LogP contribution in [0.5, 0.6) is 0 Å². The van der Waals surface area contributed by atoms with Gasteiger partial charge in [-0.25, -0.2) is 4.39 Å². The third-order valence-electron chi connectivity index (χ3n) is 7.14. The first kappa shape index (κ1) is 25.3. The third kappa shape index (κ3) is 4.50. The van der Waals surface area contributed by atoms with Crippen LogP contribution in [0, 0.1) is 17.1 Å². The maximum Gasteiger partial charge on any atom is 0.257 e. The van der Waals surface area contributed by atoms with Gasteiger partial charge >= 0.3 is 0 Å². The number of carbonyl (C=O) groups is 1. The molecule has 1 aliphatic carbocycles. The quantitative estimate of drug-likeness (QED) is 0.445. The SMILES string of the molecule is CC(C)(O)c1cc(F)c2c(c1)C(=O)N(Cc1ccc(C#N)cn1)[C@@]2(OC1CCCC1)c1ccc(Cl)cc1. The standard InChI is InChI=1S/C29H27ClFN3O3/c1-28(2,36)20-13-24-26(25(31)14-20)29(37-23-5-3-4-6-23,19-8-10-21(30)11-9-19)34(27(24)35)17-22-12-7-18(15-32)16-33-22/h7-14,16,23,36H,3-6,17H2,1-2H3/t29-/m1/s1. The van der Waals surface area contributed by atoms with Crippen molar-refractivity contribution in [2.24, 2.45) is 0 Å². The molecule has 0 saturated heterocycles. The van der Waals surface area contributed by atoms with Gasteiger partial charge in [-0.2, -0.15) is 5.26 Å². The Morgan fingerprint density at radius 2 is 1.92 bits per heavy atom. The molecule has 0 radical (unpaired) electrons. The summed E-state index contributed by atoms with van der Waals surface area (Å²) in [7, 11) is 0. The van der Waals surface area contributed by atoms with Crippen LogP contribution >= 0.6 is 11.6 Å². The Kier molecular flexibility index (Phi) is 6.53. The number of ether oxygens (including phenoxy) is 1. The Hall–Kier alpha value is -3.31. The largest absolute Gasteiger partial charge is 0.386 e. The molecule has 37 heavy (non-hydrogen) atoms. The van der Waals surface area contributed by atoms with Crippen LogP contribution < -0.4 is 0 Å². The molecule has 190 valence electrons. The molecule has 2 aliphatic rings. The van der Waals surface area contributed by atoms with E-state index in [2.05, 4.69) is 4.98 Å². The first-order chi connectivity index (χ1) is 17.6. The molecule has 0 bridgehead atoms. The van der Waals surface area contributed by atoms with Crippen molar-refractivity contribution in [3.05, 3.63) is 99.1 Å². The van der Waals surface area contributed by atoms with E-state index in [0.29, 0.717) is 27.4 Å². The fourth-order valence-corrected chi connectivity index (χ4v) is 5.37. The second-order valence-corrected chi connectivity index (χ2v) is 10.6. The first-order valence-electron chi connectivity index (χ1n) is 12.3. The number of halogens is 2. The normalized spacial score (nSPS) is 19.8. The van der Waals surface area contributed by atoms with Crippen molar-refractivity contribution in [1.82, 2.24) is 9.88 Å². The topological polar surface area (TPSA) is 86.5 Å². The second-order valence-electron chi connectivity index (χ2n) is 10.2. The van der Waals surface area contributed by atoms with E-state index in [1.165, 1.54) is 17.2 Å². The van der Waals surface area contributed by atoms with Crippen LogP contribution in [0.3, 0.4) is 0 Å². The fourth-order valence-electron chi connectivity index (χ4n) is 5.24. The van der Waals surface area contributed by atoms with Crippen molar-refractivity contribution < 1.29 is 19.0 Å². The summed E-state index contributed by atoms with van der Waals surface area (Å²) in [4.78, 5) is 19.9. The van der Waals surface area contributed by atoms with E-state index in [1.54, 1.807) is 56.3 Å². The number of benzene rings is 2. The first-order valence-corrected chi connectivity index (χ1v) is 12.7. The predicted octanol–water partition coefficient (Wildman–Crippen LogP) is 5.79. The lowest BCUT2D eigenvalue weighted by Crippen LogP contribution is -2.48. The van der Waals surface area contributed by atoms with Gasteiger partial charge in [0.15, 0.2) is 0 Å². The Labute approximate surface area is 220 Å². The van der Waals surface area contributed by atoms with E-state index in [9.17, 15) is 9.90 Å². The summed E-state index contributed by atoms with van der Waals surface area (Å²) < 4.78 is 23.0. The monoisotopic (exact) mass is 519 g/mol. The lowest BCUT2D eigenvalue weighted by molar-refractivity contribution is -0.147. The van der Waals surface area contributed by atoms with Crippen molar-refractivity contribution >= 4 is 17.5 Å². The van der Waals surface area contributed by atoms with Crippen LogP contribution in [0.15, 0.2) is 54.7 Å². The van der Waals surface area contributed by atoms with Gasteiger partial charge in [0, 0.05) is 16.8 Å². The highest BCUT2D eigenvalue weighted by Gasteiger charge is 2.55.